The van der Waals surface area contributed by atoms with E-state index in [2.05, 4.69) is 23.5 Å². The lowest BCUT2D eigenvalue weighted by atomic mass is 10.4. The van der Waals surface area contributed by atoms with Crippen molar-refractivity contribution in [2.45, 2.75) is 6.42 Å². The maximum atomic E-state index is 11.8. The second-order valence-electron chi connectivity index (χ2n) is 3.90. The van der Waals surface area contributed by atoms with Crippen LogP contribution in [0.3, 0.4) is 0 Å². The van der Waals surface area contributed by atoms with Crippen molar-refractivity contribution in [1.82, 2.24) is 15.2 Å². The quantitative estimate of drug-likeness (QED) is 0.716. The van der Waals surface area contributed by atoms with Gasteiger partial charge in [-0.25, -0.2) is 14.6 Å². The van der Waals surface area contributed by atoms with Gasteiger partial charge >= 0.3 is 12.0 Å². The minimum Gasteiger partial charge on any atom is -0.476 e. The van der Waals surface area contributed by atoms with Gasteiger partial charge in [0.25, 0.3) is 0 Å². The Kier molecular flexibility index (Phi) is 6.45. The molecule has 1 aromatic rings. The molecule has 1 rings (SSSR count). The first kappa shape index (κ1) is 15.9. The van der Waals surface area contributed by atoms with E-state index in [-0.39, 0.29) is 11.7 Å². The number of urea groups is 1. The number of hydrogen-bond donors (Lipinski definition) is 2. The van der Waals surface area contributed by atoms with Crippen LogP contribution in [0.25, 0.3) is 0 Å². The van der Waals surface area contributed by atoms with E-state index in [4.69, 9.17) is 5.11 Å². The van der Waals surface area contributed by atoms with Crippen molar-refractivity contribution < 1.29 is 14.7 Å². The number of aromatic nitrogens is 1. The predicted molar refractivity (Wildman–Crippen MR) is 78.1 cm³/mol. The van der Waals surface area contributed by atoms with E-state index in [1.165, 1.54) is 16.7 Å². The summed E-state index contributed by atoms with van der Waals surface area (Å²) in [5.41, 5.74) is 0.0382. The number of thiazole rings is 1. The second-order valence-corrected chi connectivity index (χ2v) is 4.84. The summed E-state index contributed by atoms with van der Waals surface area (Å²) in [5.74, 6) is -1.04. The molecule has 0 aromatic carbocycles. The van der Waals surface area contributed by atoms with E-state index >= 15 is 0 Å². The highest BCUT2D eigenvalue weighted by Gasteiger charge is 2.11. The first-order valence-corrected chi connectivity index (χ1v) is 6.88. The fourth-order valence-electron chi connectivity index (χ4n) is 1.46. The van der Waals surface area contributed by atoms with Gasteiger partial charge in [-0.1, -0.05) is 12.2 Å². The molecule has 0 fully saturated rings. The van der Waals surface area contributed by atoms with Crippen LogP contribution >= 0.6 is 11.3 Å². The maximum absolute atomic E-state index is 11.8. The van der Waals surface area contributed by atoms with Crippen LogP contribution in [0.2, 0.25) is 0 Å². The molecular formula is C13H17N3O3S. The van der Waals surface area contributed by atoms with Gasteiger partial charge in [0.1, 0.15) is 0 Å². The number of nitrogens with one attached hydrogen (secondary N) is 1. The summed E-state index contributed by atoms with van der Waals surface area (Å²) < 4.78 is 0. The van der Waals surface area contributed by atoms with Gasteiger partial charge in [0.2, 0.25) is 0 Å². The van der Waals surface area contributed by atoms with Gasteiger partial charge in [-0.15, -0.1) is 24.5 Å². The van der Waals surface area contributed by atoms with Crippen LogP contribution in [0.4, 0.5) is 4.79 Å². The number of rotatable bonds is 8. The topological polar surface area (TPSA) is 82.5 Å². The zero-order valence-electron chi connectivity index (χ0n) is 11.0. The minimum absolute atomic E-state index is 0.0382. The molecule has 2 amide bonds. The molecule has 0 bridgehead atoms. The fourth-order valence-corrected chi connectivity index (χ4v) is 2.24. The molecule has 6 nitrogen and oxygen atoms in total. The van der Waals surface area contributed by atoms with Crippen molar-refractivity contribution in [2.24, 2.45) is 0 Å². The summed E-state index contributed by atoms with van der Waals surface area (Å²) in [7, 11) is 0. The molecule has 0 aliphatic rings. The number of hydrogen-bond acceptors (Lipinski definition) is 4. The number of nitrogens with zero attached hydrogens (tertiary/aromatic N) is 2. The molecule has 0 atom stereocenters. The molecule has 20 heavy (non-hydrogen) atoms. The lowest BCUT2D eigenvalue weighted by Crippen LogP contribution is -2.40. The average Bonchev–Trinajstić information content (AvgIpc) is 2.87. The molecule has 2 N–H and O–H groups in total. The molecule has 0 saturated heterocycles. The number of carbonyl (C=O) groups is 2. The Labute approximate surface area is 121 Å². The third-order valence-corrected chi connectivity index (χ3v) is 3.28. The Morgan fingerprint density at radius 2 is 2.05 bits per heavy atom. The highest BCUT2D eigenvalue weighted by molar-refractivity contribution is 7.09. The maximum Gasteiger partial charge on any atom is 0.355 e. The molecule has 0 saturated carbocycles. The second kappa shape index (κ2) is 8.11. The molecule has 1 aromatic heterocycles. The van der Waals surface area contributed by atoms with Crippen molar-refractivity contribution in [3.8, 4) is 0 Å². The van der Waals surface area contributed by atoms with Gasteiger partial charge in [0.15, 0.2) is 5.69 Å². The van der Waals surface area contributed by atoms with Crippen molar-refractivity contribution in [3.05, 3.63) is 41.4 Å². The van der Waals surface area contributed by atoms with Crippen LogP contribution in [-0.2, 0) is 6.42 Å². The van der Waals surface area contributed by atoms with Crippen LogP contribution < -0.4 is 5.32 Å². The van der Waals surface area contributed by atoms with E-state index in [1.807, 2.05) is 0 Å². The van der Waals surface area contributed by atoms with E-state index in [9.17, 15) is 9.59 Å². The van der Waals surface area contributed by atoms with E-state index in [0.29, 0.717) is 31.1 Å². The van der Waals surface area contributed by atoms with Crippen molar-refractivity contribution >= 4 is 23.3 Å². The molecule has 1 heterocycles. The summed E-state index contributed by atoms with van der Waals surface area (Å²) in [6.07, 6.45) is 3.78. The first-order valence-electron chi connectivity index (χ1n) is 6.00. The summed E-state index contributed by atoms with van der Waals surface area (Å²) in [6, 6.07) is -0.209. The smallest absolute Gasteiger partial charge is 0.355 e. The number of carboxylic acid groups (broad SMARTS) is 1. The molecule has 0 aliphatic carbocycles. The average molecular weight is 295 g/mol. The van der Waals surface area contributed by atoms with E-state index in [1.54, 1.807) is 17.1 Å². The van der Waals surface area contributed by atoms with Gasteiger partial charge < -0.3 is 15.3 Å². The van der Waals surface area contributed by atoms with Gasteiger partial charge in [0, 0.05) is 31.4 Å². The molecule has 108 valence electrons. The van der Waals surface area contributed by atoms with Crippen LogP contribution in [-0.4, -0.2) is 46.6 Å². The molecule has 0 unspecified atom stereocenters. The van der Waals surface area contributed by atoms with Crippen molar-refractivity contribution in [3.63, 3.8) is 0 Å². The van der Waals surface area contributed by atoms with Crippen LogP contribution in [0.1, 0.15) is 15.5 Å². The summed E-state index contributed by atoms with van der Waals surface area (Å²) >= 11 is 1.27. The van der Waals surface area contributed by atoms with Crippen LogP contribution in [0, 0.1) is 0 Å². The zero-order valence-corrected chi connectivity index (χ0v) is 11.9. The predicted octanol–water partition coefficient (Wildman–Crippen LogP) is 1.77. The van der Waals surface area contributed by atoms with Crippen molar-refractivity contribution in [1.29, 1.82) is 0 Å². The number of amides is 2. The fraction of sp³-hybridized carbons (Fsp3) is 0.308. The standard InChI is InChI=1S/C13H17N3O3S/c1-3-7-16(8-4-2)13(19)14-6-5-11-15-10(9-20-11)12(17)18/h3-4,9H,1-2,5-8H2,(H,14,19)(H,17,18). The molecule has 0 radical (unpaired) electrons. The Morgan fingerprint density at radius 3 is 2.55 bits per heavy atom. The third kappa shape index (κ3) is 4.85. The van der Waals surface area contributed by atoms with Crippen molar-refractivity contribution in [2.75, 3.05) is 19.6 Å². The lowest BCUT2D eigenvalue weighted by molar-refractivity contribution is 0.0691. The van der Waals surface area contributed by atoms with Gasteiger partial charge in [-0.2, -0.15) is 0 Å². The lowest BCUT2D eigenvalue weighted by Gasteiger charge is -2.19. The molecule has 7 heteroatoms. The largest absolute Gasteiger partial charge is 0.476 e. The Hall–Kier alpha value is -2.15. The number of aromatic carboxylic acids is 1. The summed E-state index contributed by atoms with van der Waals surface area (Å²) in [5, 5.41) is 13.7. The third-order valence-electron chi connectivity index (χ3n) is 2.37. The normalized spacial score (nSPS) is 9.80. The van der Waals surface area contributed by atoms with E-state index < -0.39 is 5.97 Å². The first-order chi connectivity index (χ1) is 9.58. The number of carbonyl (C=O) groups excluding carboxylic acids is 1. The number of carboxylic acids is 1. The molecular weight excluding hydrogens is 278 g/mol. The SMILES string of the molecule is C=CCN(CC=C)C(=O)NCCc1nc(C(=O)O)cs1. The Bertz CT molecular complexity index is 489. The molecule has 0 spiro atoms. The summed E-state index contributed by atoms with van der Waals surface area (Å²) in [6.45, 7) is 8.47. The Morgan fingerprint density at radius 1 is 1.40 bits per heavy atom. The molecule has 0 aliphatic heterocycles. The minimum atomic E-state index is -1.04. The zero-order chi connectivity index (χ0) is 15.0. The van der Waals surface area contributed by atoms with Crippen LogP contribution in [0.5, 0.6) is 0 Å². The monoisotopic (exact) mass is 295 g/mol. The van der Waals surface area contributed by atoms with Crippen LogP contribution in [0.15, 0.2) is 30.7 Å². The van der Waals surface area contributed by atoms with E-state index in [0.717, 1.165) is 0 Å². The van der Waals surface area contributed by atoms with Gasteiger partial charge in [-0.3, -0.25) is 0 Å². The van der Waals surface area contributed by atoms with Gasteiger partial charge in [0.05, 0.1) is 5.01 Å². The Balaban J connectivity index is 2.41. The van der Waals surface area contributed by atoms with Gasteiger partial charge in [-0.05, 0) is 0 Å². The highest BCUT2D eigenvalue weighted by Crippen LogP contribution is 2.09. The summed E-state index contributed by atoms with van der Waals surface area (Å²) in [4.78, 5) is 28.0. The highest BCUT2D eigenvalue weighted by atomic mass is 32.1.